The molecule has 1 atom stereocenters. The van der Waals surface area contributed by atoms with E-state index in [1.807, 2.05) is 42.5 Å². The lowest BCUT2D eigenvalue weighted by atomic mass is 9.96. The first kappa shape index (κ1) is 16.3. The van der Waals surface area contributed by atoms with Crippen LogP contribution in [-0.4, -0.2) is 5.91 Å². The van der Waals surface area contributed by atoms with Crippen LogP contribution in [0.4, 0.5) is 5.69 Å². The van der Waals surface area contributed by atoms with Crippen LogP contribution in [-0.2, 0) is 11.2 Å². The van der Waals surface area contributed by atoms with Crippen molar-refractivity contribution in [3.05, 3.63) is 77.9 Å². The van der Waals surface area contributed by atoms with Gasteiger partial charge in [-0.15, -0.1) is 0 Å². The predicted molar refractivity (Wildman–Crippen MR) is 101 cm³/mol. The standard InChI is InChI=1S/C22H23NO/c1-3-16(2)19-12-6-7-14-21(19)23-22(24)15-18-11-8-10-17-9-4-5-13-20(17)18/h4-14,16H,3,15H2,1-2H3,(H,23,24). The Bertz CT molecular complexity index is 848. The highest BCUT2D eigenvalue weighted by Gasteiger charge is 2.12. The summed E-state index contributed by atoms with van der Waals surface area (Å²) in [5.41, 5.74) is 3.19. The number of anilines is 1. The van der Waals surface area contributed by atoms with Crippen molar-refractivity contribution >= 4 is 22.4 Å². The Kier molecular flexibility index (Phi) is 4.95. The Balaban J connectivity index is 1.81. The zero-order valence-corrected chi connectivity index (χ0v) is 14.3. The molecule has 1 N–H and O–H groups in total. The van der Waals surface area contributed by atoms with Crippen LogP contribution in [0.25, 0.3) is 10.8 Å². The van der Waals surface area contributed by atoms with Gasteiger partial charge in [0.25, 0.3) is 0 Å². The number of carbonyl (C=O) groups excluding carboxylic acids is 1. The molecule has 24 heavy (non-hydrogen) atoms. The van der Waals surface area contributed by atoms with E-state index in [4.69, 9.17) is 0 Å². The smallest absolute Gasteiger partial charge is 0.228 e. The molecule has 3 aromatic rings. The van der Waals surface area contributed by atoms with Gasteiger partial charge in [0.2, 0.25) is 5.91 Å². The molecule has 2 heteroatoms. The molecule has 0 bridgehead atoms. The fourth-order valence-corrected chi connectivity index (χ4v) is 3.07. The molecule has 0 aromatic heterocycles. The van der Waals surface area contributed by atoms with Crippen molar-refractivity contribution in [2.75, 3.05) is 5.32 Å². The topological polar surface area (TPSA) is 29.1 Å². The highest BCUT2D eigenvalue weighted by Crippen LogP contribution is 2.27. The van der Waals surface area contributed by atoms with E-state index in [0.717, 1.165) is 23.1 Å². The first-order valence-corrected chi connectivity index (χ1v) is 8.54. The molecule has 0 heterocycles. The fraction of sp³-hybridized carbons (Fsp3) is 0.227. The van der Waals surface area contributed by atoms with Crippen LogP contribution < -0.4 is 5.32 Å². The summed E-state index contributed by atoms with van der Waals surface area (Å²) in [6.07, 6.45) is 1.44. The van der Waals surface area contributed by atoms with Crippen LogP contribution in [0, 0.1) is 0 Å². The van der Waals surface area contributed by atoms with E-state index < -0.39 is 0 Å². The molecule has 0 saturated carbocycles. The fourth-order valence-electron chi connectivity index (χ4n) is 3.07. The monoisotopic (exact) mass is 317 g/mol. The Morgan fingerprint density at radius 1 is 0.958 bits per heavy atom. The molecule has 122 valence electrons. The number of fused-ring (bicyclic) bond motifs is 1. The average molecular weight is 317 g/mol. The molecule has 3 rings (SSSR count). The van der Waals surface area contributed by atoms with Gasteiger partial charge in [-0.1, -0.05) is 74.5 Å². The molecule has 0 aliphatic heterocycles. The summed E-state index contributed by atoms with van der Waals surface area (Å²) in [5, 5.41) is 5.41. The molecule has 0 aliphatic carbocycles. The van der Waals surface area contributed by atoms with E-state index in [0.29, 0.717) is 12.3 Å². The van der Waals surface area contributed by atoms with Crippen molar-refractivity contribution in [2.24, 2.45) is 0 Å². The van der Waals surface area contributed by atoms with Gasteiger partial charge < -0.3 is 5.32 Å². The number of para-hydroxylation sites is 1. The third-order valence-corrected chi connectivity index (χ3v) is 4.61. The summed E-state index contributed by atoms with van der Waals surface area (Å²) in [4.78, 5) is 12.6. The highest BCUT2D eigenvalue weighted by atomic mass is 16.1. The summed E-state index contributed by atoms with van der Waals surface area (Å²) >= 11 is 0. The van der Waals surface area contributed by atoms with Gasteiger partial charge >= 0.3 is 0 Å². The average Bonchev–Trinajstić information content (AvgIpc) is 2.62. The van der Waals surface area contributed by atoms with Crippen molar-refractivity contribution < 1.29 is 4.79 Å². The molecular formula is C22H23NO. The Labute approximate surface area is 143 Å². The van der Waals surface area contributed by atoms with Crippen LogP contribution in [0.15, 0.2) is 66.7 Å². The van der Waals surface area contributed by atoms with Crippen LogP contribution in [0.2, 0.25) is 0 Å². The number of amides is 1. The maximum atomic E-state index is 12.6. The second kappa shape index (κ2) is 7.31. The second-order valence-electron chi connectivity index (χ2n) is 6.26. The van der Waals surface area contributed by atoms with Gasteiger partial charge in [-0.3, -0.25) is 4.79 Å². The maximum absolute atomic E-state index is 12.6. The number of benzene rings is 3. The molecule has 1 amide bonds. The van der Waals surface area contributed by atoms with Crippen molar-refractivity contribution in [1.29, 1.82) is 0 Å². The summed E-state index contributed by atoms with van der Waals surface area (Å²) < 4.78 is 0. The summed E-state index contributed by atoms with van der Waals surface area (Å²) in [6, 6.07) is 22.4. The number of hydrogen-bond donors (Lipinski definition) is 1. The first-order chi connectivity index (χ1) is 11.7. The van der Waals surface area contributed by atoms with Gasteiger partial charge in [-0.2, -0.15) is 0 Å². The highest BCUT2D eigenvalue weighted by molar-refractivity contribution is 5.96. The Morgan fingerprint density at radius 3 is 2.50 bits per heavy atom. The van der Waals surface area contributed by atoms with Crippen LogP contribution in [0.5, 0.6) is 0 Å². The summed E-state index contributed by atoms with van der Waals surface area (Å²) in [7, 11) is 0. The lowest BCUT2D eigenvalue weighted by molar-refractivity contribution is -0.115. The van der Waals surface area contributed by atoms with Crippen molar-refractivity contribution in [3.63, 3.8) is 0 Å². The van der Waals surface area contributed by atoms with Crippen molar-refractivity contribution in [3.8, 4) is 0 Å². The maximum Gasteiger partial charge on any atom is 0.228 e. The Hall–Kier alpha value is -2.61. The van der Waals surface area contributed by atoms with Gasteiger partial charge in [-0.25, -0.2) is 0 Å². The lowest BCUT2D eigenvalue weighted by Gasteiger charge is -2.16. The van der Waals surface area contributed by atoms with Crippen LogP contribution >= 0.6 is 0 Å². The lowest BCUT2D eigenvalue weighted by Crippen LogP contribution is -2.16. The van der Waals surface area contributed by atoms with Gasteiger partial charge in [0.15, 0.2) is 0 Å². The minimum atomic E-state index is 0.0297. The molecule has 0 saturated heterocycles. The second-order valence-corrected chi connectivity index (χ2v) is 6.26. The van der Waals surface area contributed by atoms with Crippen molar-refractivity contribution in [2.45, 2.75) is 32.6 Å². The van der Waals surface area contributed by atoms with Gasteiger partial charge in [0.1, 0.15) is 0 Å². The van der Waals surface area contributed by atoms with Crippen LogP contribution in [0.3, 0.4) is 0 Å². The quantitative estimate of drug-likeness (QED) is 0.658. The molecule has 0 radical (unpaired) electrons. The number of hydrogen-bond acceptors (Lipinski definition) is 1. The minimum Gasteiger partial charge on any atom is -0.326 e. The number of carbonyl (C=O) groups is 1. The normalized spacial score (nSPS) is 12.1. The summed E-state index contributed by atoms with van der Waals surface area (Å²) in [5.74, 6) is 0.459. The van der Waals surface area contributed by atoms with Gasteiger partial charge in [-0.05, 0) is 40.3 Å². The third kappa shape index (κ3) is 3.48. The zero-order valence-electron chi connectivity index (χ0n) is 14.3. The first-order valence-electron chi connectivity index (χ1n) is 8.54. The van der Waals surface area contributed by atoms with Crippen molar-refractivity contribution in [1.82, 2.24) is 0 Å². The van der Waals surface area contributed by atoms with E-state index in [1.165, 1.54) is 10.9 Å². The van der Waals surface area contributed by atoms with Crippen LogP contribution in [0.1, 0.15) is 37.3 Å². The van der Waals surface area contributed by atoms with E-state index in [-0.39, 0.29) is 5.91 Å². The van der Waals surface area contributed by atoms with E-state index in [9.17, 15) is 4.79 Å². The third-order valence-electron chi connectivity index (χ3n) is 4.61. The Morgan fingerprint density at radius 2 is 1.67 bits per heavy atom. The van der Waals surface area contributed by atoms with Gasteiger partial charge in [0.05, 0.1) is 6.42 Å². The largest absolute Gasteiger partial charge is 0.326 e. The van der Waals surface area contributed by atoms with E-state index >= 15 is 0 Å². The molecule has 0 spiro atoms. The number of nitrogens with one attached hydrogen (secondary N) is 1. The SMILES string of the molecule is CCC(C)c1ccccc1NC(=O)Cc1cccc2ccccc12. The predicted octanol–water partition coefficient (Wildman–Crippen LogP) is 5.53. The summed E-state index contributed by atoms with van der Waals surface area (Å²) in [6.45, 7) is 4.36. The molecule has 2 nitrogen and oxygen atoms in total. The zero-order chi connectivity index (χ0) is 16.9. The van der Waals surface area contributed by atoms with E-state index in [2.05, 4.69) is 43.4 Å². The van der Waals surface area contributed by atoms with E-state index in [1.54, 1.807) is 0 Å². The molecule has 0 aliphatic rings. The number of rotatable bonds is 5. The molecule has 3 aromatic carbocycles. The minimum absolute atomic E-state index is 0.0297. The molecular weight excluding hydrogens is 294 g/mol. The molecule has 1 unspecified atom stereocenters. The molecule has 0 fully saturated rings. The van der Waals surface area contributed by atoms with Gasteiger partial charge in [0, 0.05) is 5.69 Å².